The standard InChI is InChI=1S/C14H25N5O2/c1-4-11(2)15-13(20)9-18-5-7-19(8-6-18)10-14-16-12(3)17-21-14/h11H,4-10H2,1-3H3,(H,15,20). The second-order valence-electron chi connectivity index (χ2n) is 5.66. The minimum atomic E-state index is 0.116. The third-order valence-corrected chi connectivity index (χ3v) is 3.78. The van der Waals surface area contributed by atoms with Crippen molar-refractivity contribution in [2.45, 2.75) is 39.8 Å². The topological polar surface area (TPSA) is 74.5 Å². The molecule has 1 aliphatic heterocycles. The number of aromatic nitrogens is 2. The van der Waals surface area contributed by atoms with Gasteiger partial charge in [0, 0.05) is 32.2 Å². The van der Waals surface area contributed by atoms with E-state index < -0.39 is 0 Å². The van der Waals surface area contributed by atoms with Crippen molar-refractivity contribution >= 4 is 5.91 Å². The fraction of sp³-hybridized carbons (Fsp3) is 0.786. The van der Waals surface area contributed by atoms with Gasteiger partial charge in [0.25, 0.3) is 0 Å². The van der Waals surface area contributed by atoms with Gasteiger partial charge in [-0.05, 0) is 20.3 Å². The first kappa shape index (κ1) is 15.9. The molecule has 7 heteroatoms. The van der Waals surface area contributed by atoms with Crippen molar-refractivity contribution in [3.8, 4) is 0 Å². The quantitative estimate of drug-likeness (QED) is 0.819. The smallest absolute Gasteiger partial charge is 0.240 e. The summed E-state index contributed by atoms with van der Waals surface area (Å²) < 4.78 is 5.13. The van der Waals surface area contributed by atoms with Crippen molar-refractivity contribution in [3.63, 3.8) is 0 Å². The second-order valence-corrected chi connectivity index (χ2v) is 5.66. The maximum Gasteiger partial charge on any atom is 0.240 e. The lowest BCUT2D eigenvalue weighted by Gasteiger charge is -2.33. The van der Waals surface area contributed by atoms with Crippen molar-refractivity contribution in [2.24, 2.45) is 0 Å². The molecule has 0 bridgehead atoms. The predicted octanol–water partition coefficient (Wildman–Crippen LogP) is 0.410. The van der Waals surface area contributed by atoms with Crippen LogP contribution in [0.25, 0.3) is 0 Å². The van der Waals surface area contributed by atoms with Gasteiger partial charge in [0.2, 0.25) is 11.8 Å². The Hall–Kier alpha value is -1.47. The largest absolute Gasteiger partial charge is 0.353 e. The third kappa shape index (κ3) is 5.09. The van der Waals surface area contributed by atoms with Gasteiger partial charge in [-0.3, -0.25) is 14.6 Å². The molecular weight excluding hydrogens is 270 g/mol. The van der Waals surface area contributed by atoms with E-state index in [0.717, 1.165) is 32.6 Å². The number of carbonyl (C=O) groups is 1. The average Bonchev–Trinajstić information content (AvgIpc) is 2.86. The fourth-order valence-corrected chi connectivity index (χ4v) is 2.33. The zero-order valence-corrected chi connectivity index (χ0v) is 13.1. The van der Waals surface area contributed by atoms with Gasteiger partial charge in [0.05, 0.1) is 13.1 Å². The number of nitrogens with one attached hydrogen (secondary N) is 1. The lowest BCUT2D eigenvalue weighted by Crippen LogP contribution is -2.49. The highest BCUT2D eigenvalue weighted by molar-refractivity contribution is 5.78. The molecule has 1 aromatic heterocycles. The van der Waals surface area contributed by atoms with Gasteiger partial charge in [-0.1, -0.05) is 12.1 Å². The van der Waals surface area contributed by atoms with Crippen LogP contribution in [0.5, 0.6) is 0 Å². The van der Waals surface area contributed by atoms with Crippen molar-refractivity contribution in [3.05, 3.63) is 11.7 Å². The molecule has 7 nitrogen and oxygen atoms in total. The molecule has 0 radical (unpaired) electrons. The summed E-state index contributed by atoms with van der Waals surface area (Å²) in [4.78, 5) is 20.5. The third-order valence-electron chi connectivity index (χ3n) is 3.78. The summed E-state index contributed by atoms with van der Waals surface area (Å²) in [5, 5.41) is 6.80. The molecule has 1 aromatic rings. The van der Waals surface area contributed by atoms with Gasteiger partial charge >= 0.3 is 0 Å². The molecule has 0 aliphatic carbocycles. The number of aryl methyl sites for hydroxylation is 1. The number of amides is 1. The van der Waals surface area contributed by atoms with Crippen molar-refractivity contribution in [1.82, 2.24) is 25.3 Å². The van der Waals surface area contributed by atoms with Crippen LogP contribution in [0.4, 0.5) is 0 Å². The monoisotopic (exact) mass is 295 g/mol. The zero-order valence-electron chi connectivity index (χ0n) is 13.1. The zero-order chi connectivity index (χ0) is 15.2. The lowest BCUT2D eigenvalue weighted by molar-refractivity contribution is -0.123. The van der Waals surface area contributed by atoms with Crippen molar-refractivity contribution in [1.29, 1.82) is 0 Å². The van der Waals surface area contributed by atoms with E-state index >= 15 is 0 Å². The molecule has 1 atom stereocenters. The Morgan fingerprint density at radius 1 is 1.33 bits per heavy atom. The molecule has 1 saturated heterocycles. The van der Waals surface area contributed by atoms with Crippen LogP contribution in [0.2, 0.25) is 0 Å². The van der Waals surface area contributed by atoms with Crippen LogP contribution < -0.4 is 5.32 Å². The molecule has 118 valence electrons. The van der Waals surface area contributed by atoms with Gasteiger partial charge < -0.3 is 9.84 Å². The summed E-state index contributed by atoms with van der Waals surface area (Å²) in [5.41, 5.74) is 0. The van der Waals surface area contributed by atoms with Gasteiger partial charge in [-0.25, -0.2) is 0 Å². The van der Waals surface area contributed by atoms with Crippen LogP contribution in [0.15, 0.2) is 4.52 Å². The number of hydrogen-bond donors (Lipinski definition) is 1. The van der Waals surface area contributed by atoms with Crippen LogP contribution in [0.1, 0.15) is 32.0 Å². The van der Waals surface area contributed by atoms with Crippen molar-refractivity contribution < 1.29 is 9.32 Å². The summed E-state index contributed by atoms with van der Waals surface area (Å²) in [5.74, 6) is 1.45. The number of carbonyl (C=O) groups excluding carboxylic acids is 1. The molecule has 21 heavy (non-hydrogen) atoms. The van der Waals surface area contributed by atoms with Crippen LogP contribution in [-0.2, 0) is 11.3 Å². The Morgan fingerprint density at radius 2 is 2.00 bits per heavy atom. The van der Waals surface area contributed by atoms with Crippen LogP contribution >= 0.6 is 0 Å². The summed E-state index contributed by atoms with van der Waals surface area (Å²) in [6.45, 7) is 10.7. The summed E-state index contributed by atoms with van der Waals surface area (Å²) in [6.07, 6.45) is 0.961. The van der Waals surface area contributed by atoms with E-state index in [9.17, 15) is 4.79 Å². The molecular formula is C14H25N5O2. The minimum Gasteiger partial charge on any atom is -0.353 e. The Bertz CT molecular complexity index is 454. The number of nitrogens with zero attached hydrogens (tertiary/aromatic N) is 4. The van der Waals surface area contributed by atoms with E-state index in [2.05, 4.69) is 32.2 Å². The normalized spacial score (nSPS) is 18.6. The number of piperazine rings is 1. The summed E-state index contributed by atoms with van der Waals surface area (Å²) >= 11 is 0. The first-order valence-corrected chi connectivity index (χ1v) is 7.60. The Morgan fingerprint density at radius 3 is 2.57 bits per heavy atom. The highest BCUT2D eigenvalue weighted by Gasteiger charge is 2.20. The molecule has 1 fully saturated rings. The summed E-state index contributed by atoms with van der Waals surface area (Å²) in [6, 6.07) is 0.250. The van der Waals surface area contributed by atoms with E-state index in [0.29, 0.717) is 24.8 Å². The fourth-order valence-electron chi connectivity index (χ4n) is 2.33. The van der Waals surface area contributed by atoms with Crippen LogP contribution in [0, 0.1) is 6.92 Å². The van der Waals surface area contributed by atoms with Gasteiger partial charge in [-0.2, -0.15) is 4.98 Å². The minimum absolute atomic E-state index is 0.116. The van der Waals surface area contributed by atoms with Crippen molar-refractivity contribution in [2.75, 3.05) is 32.7 Å². The van der Waals surface area contributed by atoms with E-state index in [1.54, 1.807) is 0 Å². The van der Waals surface area contributed by atoms with Crippen LogP contribution in [-0.4, -0.2) is 64.6 Å². The molecule has 1 unspecified atom stereocenters. The second kappa shape index (κ2) is 7.51. The first-order valence-electron chi connectivity index (χ1n) is 7.60. The lowest BCUT2D eigenvalue weighted by atomic mass is 10.2. The maximum atomic E-state index is 11.9. The van der Waals surface area contributed by atoms with E-state index in [4.69, 9.17) is 4.52 Å². The Labute approximate surface area is 125 Å². The van der Waals surface area contributed by atoms with Gasteiger partial charge in [0.1, 0.15) is 0 Å². The molecule has 1 N–H and O–H groups in total. The molecule has 2 heterocycles. The highest BCUT2D eigenvalue weighted by atomic mass is 16.5. The maximum absolute atomic E-state index is 11.9. The molecule has 0 spiro atoms. The number of rotatable bonds is 6. The van der Waals surface area contributed by atoms with E-state index in [1.165, 1.54) is 0 Å². The molecule has 0 saturated carbocycles. The SMILES string of the molecule is CCC(C)NC(=O)CN1CCN(Cc2nc(C)no2)CC1. The molecule has 1 aliphatic rings. The van der Waals surface area contributed by atoms with Crippen LogP contribution in [0.3, 0.4) is 0 Å². The molecule has 2 rings (SSSR count). The Kier molecular flexibility index (Phi) is 5.69. The Balaban J connectivity index is 1.69. The molecule has 1 amide bonds. The van der Waals surface area contributed by atoms with E-state index in [-0.39, 0.29) is 11.9 Å². The average molecular weight is 295 g/mol. The number of hydrogen-bond acceptors (Lipinski definition) is 6. The van der Waals surface area contributed by atoms with Gasteiger partial charge in [0.15, 0.2) is 5.82 Å². The van der Waals surface area contributed by atoms with E-state index in [1.807, 2.05) is 13.8 Å². The summed E-state index contributed by atoms with van der Waals surface area (Å²) in [7, 11) is 0. The molecule has 0 aromatic carbocycles. The highest BCUT2D eigenvalue weighted by Crippen LogP contribution is 2.07. The first-order chi connectivity index (χ1) is 10.1. The predicted molar refractivity (Wildman–Crippen MR) is 78.6 cm³/mol. The van der Waals surface area contributed by atoms with Gasteiger partial charge in [-0.15, -0.1) is 0 Å².